The molecule has 6 heteroatoms. The molecule has 1 aromatic carbocycles. The van der Waals surface area contributed by atoms with Crippen LogP contribution in [-0.4, -0.2) is 5.91 Å². The van der Waals surface area contributed by atoms with Gasteiger partial charge in [-0.1, -0.05) is 23.2 Å². The van der Waals surface area contributed by atoms with Crippen molar-refractivity contribution < 1.29 is 4.79 Å². The summed E-state index contributed by atoms with van der Waals surface area (Å²) in [6.45, 7) is 0. The number of anilines is 1. The van der Waals surface area contributed by atoms with E-state index < -0.39 is 0 Å². The summed E-state index contributed by atoms with van der Waals surface area (Å²) >= 11 is 16.4. The minimum absolute atomic E-state index is 0.204. The van der Waals surface area contributed by atoms with E-state index in [1.165, 1.54) is 11.3 Å². The molecule has 0 aliphatic heterocycles. The number of halogens is 3. The van der Waals surface area contributed by atoms with Gasteiger partial charge in [0.2, 0.25) is 0 Å². The average Bonchev–Trinajstić information content (AvgIpc) is 2.70. The summed E-state index contributed by atoms with van der Waals surface area (Å²) in [7, 11) is 0. The Balaban J connectivity index is 2.21. The summed E-state index contributed by atoms with van der Waals surface area (Å²) in [4.78, 5) is 12.5. The highest BCUT2D eigenvalue weighted by molar-refractivity contribution is 9.11. The lowest BCUT2D eigenvalue weighted by atomic mass is 10.3. The van der Waals surface area contributed by atoms with Crippen LogP contribution in [-0.2, 0) is 0 Å². The van der Waals surface area contributed by atoms with Gasteiger partial charge in [0.05, 0.1) is 19.4 Å². The molecule has 0 aliphatic rings. The van der Waals surface area contributed by atoms with Gasteiger partial charge in [0.15, 0.2) is 0 Å². The molecule has 1 aromatic heterocycles. The lowest BCUT2D eigenvalue weighted by Gasteiger charge is -2.06. The number of thiophene rings is 1. The van der Waals surface area contributed by atoms with Gasteiger partial charge in [-0.05, 0) is 46.3 Å². The Hall–Kier alpha value is -0.550. The second kappa shape index (κ2) is 5.40. The van der Waals surface area contributed by atoms with Crippen molar-refractivity contribution in [2.45, 2.75) is 0 Å². The number of carbonyl (C=O) groups is 1. The number of hydrogen-bond acceptors (Lipinski definition) is 2. The van der Waals surface area contributed by atoms with Crippen molar-refractivity contribution >= 4 is 62.1 Å². The molecule has 0 aliphatic carbocycles. The Morgan fingerprint density at radius 3 is 2.65 bits per heavy atom. The third-order valence-electron chi connectivity index (χ3n) is 1.97. The van der Waals surface area contributed by atoms with Crippen molar-refractivity contribution in [3.8, 4) is 0 Å². The zero-order valence-corrected chi connectivity index (χ0v) is 12.3. The van der Waals surface area contributed by atoms with Gasteiger partial charge in [0.1, 0.15) is 0 Å². The molecule has 2 nitrogen and oxygen atoms in total. The SMILES string of the molecule is O=C(Nc1cc(Cl)ccc1Cl)c1ccc(Br)s1. The van der Waals surface area contributed by atoms with Crippen molar-refractivity contribution in [1.82, 2.24) is 0 Å². The van der Waals surface area contributed by atoms with Gasteiger partial charge in [-0.15, -0.1) is 11.3 Å². The van der Waals surface area contributed by atoms with Crippen molar-refractivity contribution in [3.05, 3.63) is 49.0 Å². The van der Waals surface area contributed by atoms with Crippen LogP contribution in [0.4, 0.5) is 5.69 Å². The first-order chi connectivity index (χ1) is 8.06. The van der Waals surface area contributed by atoms with Crippen molar-refractivity contribution in [2.75, 3.05) is 5.32 Å². The van der Waals surface area contributed by atoms with Crippen LogP contribution in [0.5, 0.6) is 0 Å². The average molecular weight is 351 g/mol. The Morgan fingerprint density at radius 2 is 2.00 bits per heavy atom. The fourth-order valence-corrected chi connectivity index (χ4v) is 2.83. The smallest absolute Gasteiger partial charge is 0.265 e. The van der Waals surface area contributed by atoms with Crippen LogP contribution in [0.3, 0.4) is 0 Å². The predicted octanol–water partition coefficient (Wildman–Crippen LogP) is 5.07. The third-order valence-corrected chi connectivity index (χ3v) is 4.16. The predicted molar refractivity (Wildman–Crippen MR) is 76.4 cm³/mol. The molecular weight excluding hydrogens is 345 g/mol. The number of amides is 1. The zero-order chi connectivity index (χ0) is 12.4. The zero-order valence-electron chi connectivity index (χ0n) is 8.34. The van der Waals surface area contributed by atoms with Gasteiger partial charge in [-0.25, -0.2) is 0 Å². The lowest BCUT2D eigenvalue weighted by Crippen LogP contribution is -2.10. The van der Waals surface area contributed by atoms with E-state index in [-0.39, 0.29) is 5.91 Å². The second-order valence-corrected chi connectivity index (χ2v) is 6.49. The first kappa shape index (κ1) is 12.9. The summed E-state index contributed by atoms with van der Waals surface area (Å²) in [5.74, 6) is -0.204. The topological polar surface area (TPSA) is 29.1 Å². The Labute approximate surface area is 121 Å². The molecule has 0 atom stereocenters. The van der Waals surface area contributed by atoms with E-state index in [1.54, 1.807) is 24.3 Å². The van der Waals surface area contributed by atoms with Crippen molar-refractivity contribution in [1.29, 1.82) is 0 Å². The van der Waals surface area contributed by atoms with E-state index in [0.717, 1.165) is 3.79 Å². The number of carbonyl (C=O) groups excluding carboxylic acids is 1. The van der Waals surface area contributed by atoms with Crippen LogP contribution >= 0.6 is 50.5 Å². The largest absolute Gasteiger partial charge is 0.320 e. The Morgan fingerprint density at radius 1 is 1.24 bits per heavy atom. The van der Waals surface area contributed by atoms with Crippen LogP contribution in [0.25, 0.3) is 0 Å². The van der Waals surface area contributed by atoms with Crippen LogP contribution in [0.2, 0.25) is 10.0 Å². The first-order valence-corrected chi connectivity index (χ1v) is 6.94. The van der Waals surface area contributed by atoms with E-state index >= 15 is 0 Å². The summed E-state index contributed by atoms with van der Waals surface area (Å²) < 4.78 is 0.903. The van der Waals surface area contributed by atoms with Crippen molar-refractivity contribution in [3.63, 3.8) is 0 Å². The van der Waals surface area contributed by atoms with Crippen LogP contribution < -0.4 is 5.32 Å². The number of rotatable bonds is 2. The molecule has 0 saturated heterocycles. The van der Waals surface area contributed by atoms with E-state index in [2.05, 4.69) is 21.2 Å². The van der Waals surface area contributed by atoms with Gasteiger partial charge in [-0.2, -0.15) is 0 Å². The van der Waals surface area contributed by atoms with Crippen LogP contribution in [0.15, 0.2) is 34.1 Å². The quantitative estimate of drug-likeness (QED) is 0.804. The molecule has 88 valence electrons. The standard InChI is InChI=1S/C11H6BrCl2NOS/c12-10-4-3-9(17-10)11(16)15-8-5-6(13)1-2-7(8)14/h1-5H,(H,15,16). The second-order valence-electron chi connectivity index (χ2n) is 3.18. The van der Waals surface area contributed by atoms with Crippen LogP contribution in [0.1, 0.15) is 9.67 Å². The molecule has 0 spiro atoms. The number of benzene rings is 1. The normalized spacial score (nSPS) is 10.3. The third kappa shape index (κ3) is 3.22. The monoisotopic (exact) mass is 349 g/mol. The fraction of sp³-hybridized carbons (Fsp3) is 0. The summed E-state index contributed by atoms with van der Waals surface area (Å²) in [6, 6.07) is 8.48. The maximum Gasteiger partial charge on any atom is 0.265 e. The molecule has 0 fully saturated rings. The van der Waals surface area contributed by atoms with Gasteiger partial charge < -0.3 is 5.32 Å². The maximum absolute atomic E-state index is 11.9. The summed E-state index contributed by atoms with van der Waals surface area (Å²) in [6.07, 6.45) is 0. The summed E-state index contributed by atoms with van der Waals surface area (Å²) in [5.41, 5.74) is 0.508. The summed E-state index contributed by atoms with van der Waals surface area (Å²) in [5, 5.41) is 3.70. The van der Waals surface area contributed by atoms with Crippen molar-refractivity contribution in [2.24, 2.45) is 0 Å². The van der Waals surface area contributed by atoms with E-state index in [1.807, 2.05) is 6.07 Å². The molecule has 2 aromatic rings. The molecule has 1 amide bonds. The highest BCUT2D eigenvalue weighted by Crippen LogP contribution is 2.27. The molecular formula is C11H6BrCl2NOS. The van der Waals surface area contributed by atoms with Crippen LogP contribution in [0, 0.1) is 0 Å². The highest BCUT2D eigenvalue weighted by Gasteiger charge is 2.10. The minimum atomic E-state index is -0.204. The van der Waals surface area contributed by atoms with E-state index in [4.69, 9.17) is 23.2 Å². The van der Waals surface area contributed by atoms with Gasteiger partial charge >= 0.3 is 0 Å². The van der Waals surface area contributed by atoms with Gasteiger partial charge in [-0.3, -0.25) is 4.79 Å². The number of hydrogen-bond donors (Lipinski definition) is 1. The molecule has 17 heavy (non-hydrogen) atoms. The fourth-order valence-electron chi connectivity index (χ4n) is 1.21. The molecule has 0 bridgehead atoms. The molecule has 1 N–H and O–H groups in total. The Bertz CT molecular complexity index is 570. The Kier molecular flexibility index (Phi) is 4.09. The molecule has 1 heterocycles. The lowest BCUT2D eigenvalue weighted by molar-refractivity contribution is 0.103. The minimum Gasteiger partial charge on any atom is -0.320 e. The first-order valence-electron chi connectivity index (χ1n) is 4.58. The van der Waals surface area contributed by atoms with E-state index in [9.17, 15) is 4.79 Å². The molecule has 2 rings (SSSR count). The van der Waals surface area contributed by atoms with Gasteiger partial charge in [0, 0.05) is 5.02 Å². The molecule has 0 saturated carbocycles. The molecule has 0 radical (unpaired) electrons. The molecule has 0 unspecified atom stereocenters. The van der Waals surface area contributed by atoms with E-state index in [0.29, 0.717) is 20.6 Å². The number of nitrogens with one attached hydrogen (secondary N) is 1. The maximum atomic E-state index is 11.9. The highest BCUT2D eigenvalue weighted by atomic mass is 79.9. The van der Waals surface area contributed by atoms with Gasteiger partial charge in [0.25, 0.3) is 5.91 Å².